The van der Waals surface area contributed by atoms with Crippen molar-refractivity contribution in [2.75, 3.05) is 25.6 Å². The lowest BCUT2D eigenvalue weighted by atomic mass is 10.1. The molecule has 1 aromatic carbocycles. The van der Waals surface area contributed by atoms with Crippen molar-refractivity contribution in [1.29, 1.82) is 0 Å². The zero-order chi connectivity index (χ0) is 15.9. The molecule has 2 rings (SSSR count). The second kappa shape index (κ2) is 7.51. The molecule has 0 aliphatic carbocycles. The number of anilines is 2. The molecule has 22 heavy (non-hydrogen) atoms. The molecule has 1 heterocycles. The van der Waals surface area contributed by atoms with Crippen molar-refractivity contribution >= 4 is 17.4 Å². The number of benzene rings is 1. The maximum Gasteiger partial charge on any atom is 0.270 e. The number of amides is 1. The zero-order valence-electron chi connectivity index (χ0n) is 13.0. The van der Waals surface area contributed by atoms with Gasteiger partial charge in [-0.2, -0.15) is 0 Å². The largest absolute Gasteiger partial charge is 0.383 e. The molecule has 0 fully saturated rings. The average Bonchev–Trinajstić information content (AvgIpc) is 2.51. The number of aromatic nitrogens is 2. The lowest BCUT2D eigenvalue weighted by Gasteiger charge is -2.10. The molecular formula is C16H20N4O2. The maximum absolute atomic E-state index is 12.0. The van der Waals surface area contributed by atoms with Crippen LogP contribution in [0.5, 0.6) is 0 Å². The van der Waals surface area contributed by atoms with Crippen molar-refractivity contribution in [2.45, 2.75) is 13.8 Å². The predicted octanol–water partition coefficient (Wildman–Crippen LogP) is 2.21. The molecule has 1 amide bonds. The predicted molar refractivity (Wildman–Crippen MR) is 85.4 cm³/mol. The number of hydrogen-bond acceptors (Lipinski definition) is 5. The van der Waals surface area contributed by atoms with Crippen molar-refractivity contribution < 1.29 is 9.53 Å². The lowest BCUT2D eigenvalue weighted by molar-refractivity contribution is 0.0932. The topological polar surface area (TPSA) is 76.1 Å². The van der Waals surface area contributed by atoms with E-state index in [1.54, 1.807) is 13.2 Å². The van der Waals surface area contributed by atoms with Crippen LogP contribution in [-0.2, 0) is 4.74 Å². The first-order chi connectivity index (χ1) is 10.6. The van der Waals surface area contributed by atoms with Crippen LogP contribution in [0.2, 0.25) is 0 Å². The summed E-state index contributed by atoms with van der Waals surface area (Å²) in [6.45, 7) is 4.95. The van der Waals surface area contributed by atoms with Gasteiger partial charge in [-0.3, -0.25) is 4.79 Å². The van der Waals surface area contributed by atoms with Crippen LogP contribution in [0.3, 0.4) is 0 Å². The highest BCUT2D eigenvalue weighted by atomic mass is 16.5. The van der Waals surface area contributed by atoms with Crippen LogP contribution < -0.4 is 10.6 Å². The Hall–Kier alpha value is -2.47. The highest BCUT2D eigenvalue weighted by molar-refractivity contribution is 5.92. The minimum absolute atomic E-state index is 0.247. The minimum Gasteiger partial charge on any atom is -0.383 e. The molecule has 6 nitrogen and oxygen atoms in total. The van der Waals surface area contributed by atoms with Gasteiger partial charge in [-0.25, -0.2) is 9.97 Å². The van der Waals surface area contributed by atoms with Crippen molar-refractivity contribution in [2.24, 2.45) is 0 Å². The van der Waals surface area contributed by atoms with Crippen LogP contribution in [0.4, 0.5) is 11.5 Å². The first-order valence-corrected chi connectivity index (χ1v) is 7.03. The molecule has 2 N–H and O–H groups in total. The normalized spacial score (nSPS) is 10.3. The fourth-order valence-electron chi connectivity index (χ4n) is 1.92. The van der Waals surface area contributed by atoms with Crippen molar-refractivity contribution in [3.05, 3.63) is 47.4 Å². The Labute approximate surface area is 129 Å². The van der Waals surface area contributed by atoms with E-state index in [9.17, 15) is 4.79 Å². The van der Waals surface area contributed by atoms with E-state index in [-0.39, 0.29) is 5.91 Å². The third-order valence-electron chi connectivity index (χ3n) is 3.15. The van der Waals surface area contributed by atoms with Gasteiger partial charge < -0.3 is 15.4 Å². The van der Waals surface area contributed by atoms with E-state index < -0.39 is 0 Å². The maximum atomic E-state index is 12.0. The summed E-state index contributed by atoms with van der Waals surface area (Å²) >= 11 is 0. The SMILES string of the molecule is COCCNC(=O)c1cc(Nc2cc(C)ccc2C)ncn1. The molecule has 0 spiro atoms. The van der Waals surface area contributed by atoms with E-state index in [0.717, 1.165) is 16.8 Å². The number of rotatable bonds is 6. The van der Waals surface area contributed by atoms with Crippen LogP contribution in [0.1, 0.15) is 21.6 Å². The molecule has 0 aliphatic rings. The fraction of sp³-hybridized carbons (Fsp3) is 0.312. The van der Waals surface area contributed by atoms with Crippen molar-refractivity contribution in [3.8, 4) is 0 Å². The summed E-state index contributed by atoms with van der Waals surface area (Å²) in [5.74, 6) is 0.337. The smallest absolute Gasteiger partial charge is 0.270 e. The summed E-state index contributed by atoms with van der Waals surface area (Å²) in [4.78, 5) is 20.1. The molecule has 0 atom stereocenters. The van der Waals surface area contributed by atoms with Crippen molar-refractivity contribution in [1.82, 2.24) is 15.3 Å². The summed E-state index contributed by atoms with van der Waals surface area (Å²) in [7, 11) is 1.59. The second-order valence-electron chi connectivity index (χ2n) is 4.98. The standard InChI is InChI=1S/C16H20N4O2/c1-11-4-5-12(2)13(8-11)20-15-9-14(18-10-19-15)16(21)17-6-7-22-3/h4-5,8-10H,6-7H2,1-3H3,(H,17,21)(H,18,19,20). The summed E-state index contributed by atoms with van der Waals surface area (Å²) in [5.41, 5.74) is 3.54. The van der Waals surface area contributed by atoms with Crippen LogP contribution in [0.15, 0.2) is 30.6 Å². The molecule has 0 bridgehead atoms. The lowest BCUT2D eigenvalue weighted by Crippen LogP contribution is -2.27. The van der Waals surface area contributed by atoms with E-state index in [1.165, 1.54) is 6.33 Å². The van der Waals surface area contributed by atoms with E-state index in [0.29, 0.717) is 24.7 Å². The molecule has 0 aliphatic heterocycles. The van der Waals surface area contributed by atoms with Crippen LogP contribution in [0, 0.1) is 13.8 Å². The second-order valence-corrected chi connectivity index (χ2v) is 4.98. The Balaban J connectivity index is 2.11. The number of carbonyl (C=O) groups is 1. The van der Waals surface area contributed by atoms with Gasteiger partial charge in [-0.1, -0.05) is 12.1 Å². The molecule has 0 saturated heterocycles. The van der Waals surface area contributed by atoms with E-state index in [4.69, 9.17) is 4.74 Å². The Kier molecular flexibility index (Phi) is 5.43. The quantitative estimate of drug-likeness (QED) is 0.800. The van der Waals surface area contributed by atoms with Gasteiger partial charge in [0, 0.05) is 25.4 Å². The first-order valence-electron chi connectivity index (χ1n) is 7.03. The van der Waals surface area contributed by atoms with Crippen LogP contribution >= 0.6 is 0 Å². The summed E-state index contributed by atoms with van der Waals surface area (Å²) in [6.07, 6.45) is 1.37. The number of ether oxygens (including phenoxy) is 1. The molecule has 2 aromatic rings. The highest BCUT2D eigenvalue weighted by Gasteiger charge is 2.09. The molecule has 0 saturated carbocycles. The molecular weight excluding hydrogens is 280 g/mol. The average molecular weight is 300 g/mol. The van der Waals surface area contributed by atoms with Gasteiger partial charge in [0.15, 0.2) is 0 Å². The zero-order valence-corrected chi connectivity index (χ0v) is 13.0. The molecule has 6 heteroatoms. The number of aryl methyl sites for hydroxylation is 2. The van der Waals surface area contributed by atoms with Crippen LogP contribution in [-0.4, -0.2) is 36.1 Å². The molecule has 0 radical (unpaired) electrons. The summed E-state index contributed by atoms with van der Waals surface area (Å²) in [6, 6.07) is 7.76. The number of nitrogens with zero attached hydrogens (tertiary/aromatic N) is 2. The Morgan fingerprint density at radius 2 is 2.05 bits per heavy atom. The van der Waals surface area contributed by atoms with Gasteiger partial charge in [0.25, 0.3) is 5.91 Å². The highest BCUT2D eigenvalue weighted by Crippen LogP contribution is 2.20. The fourth-order valence-corrected chi connectivity index (χ4v) is 1.92. The minimum atomic E-state index is -0.247. The molecule has 116 valence electrons. The number of methoxy groups -OCH3 is 1. The number of carbonyl (C=O) groups excluding carboxylic acids is 1. The molecule has 0 unspecified atom stereocenters. The van der Waals surface area contributed by atoms with Gasteiger partial charge in [0.1, 0.15) is 17.8 Å². The molecule has 1 aromatic heterocycles. The first kappa shape index (κ1) is 15.9. The van der Waals surface area contributed by atoms with Crippen LogP contribution in [0.25, 0.3) is 0 Å². The summed E-state index contributed by atoms with van der Waals surface area (Å²) < 4.78 is 4.90. The summed E-state index contributed by atoms with van der Waals surface area (Å²) in [5, 5.41) is 5.95. The Morgan fingerprint density at radius 1 is 1.23 bits per heavy atom. The third-order valence-corrected chi connectivity index (χ3v) is 3.15. The van der Waals surface area contributed by atoms with Gasteiger partial charge in [-0.05, 0) is 31.0 Å². The van der Waals surface area contributed by atoms with E-state index >= 15 is 0 Å². The van der Waals surface area contributed by atoms with Gasteiger partial charge in [0.05, 0.1) is 6.61 Å². The Bertz CT molecular complexity index is 658. The van der Waals surface area contributed by atoms with E-state index in [2.05, 4.69) is 26.7 Å². The van der Waals surface area contributed by atoms with Gasteiger partial charge in [0.2, 0.25) is 0 Å². The number of hydrogen-bond donors (Lipinski definition) is 2. The van der Waals surface area contributed by atoms with Gasteiger partial charge >= 0.3 is 0 Å². The van der Waals surface area contributed by atoms with Gasteiger partial charge in [-0.15, -0.1) is 0 Å². The monoisotopic (exact) mass is 300 g/mol. The third kappa shape index (κ3) is 4.26. The van der Waals surface area contributed by atoms with Crippen molar-refractivity contribution in [3.63, 3.8) is 0 Å². The number of nitrogens with one attached hydrogen (secondary N) is 2. The van der Waals surface area contributed by atoms with E-state index in [1.807, 2.05) is 26.0 Å². The Morgan fingerprint density at radius 3 is 2.82 bits per heavy atom.